The third-order valence-corrected chi connectivity index (χ3v) is 5.82. The Bertz CT molecular complexity index is 870. The summed E-state index contributed by atoms with van der Waals surface area (Å²) in [4.78, 5) is 20.5. The second-order valence-corrected chi connectivity index (χ2v) is 8.07. The molecular formula is C24H27NO4. The van der Waals surface area contributed by atoms with Gasteiger partial charge in [0.1, 0.15) is 0 Å². The minimum absolute atomic E-state index is 0.192. The summed E-state index contributed by atoms with van der Waals surface area (Å²) in [6.45, 7) is 1.19. The molecule has 152 valence electrons. The molecule has 0 aromatic heterocycles. The fourth-order valence-electron chi connectivity index (χ4n) is 4.79. The van der Waals surface area contributed by atoms with E-state index in [1.54, 1.807) is 0 Å². The molecule has 1 spiro atoms. The van der Waals surface area contributed by atoms with E-state index in [4.69, 9.17) is 19.8 Å². The highest BCUT2D eigenvalue weighted by molar-refractivity contribution is 6.27. The lowest BCUT2D eigenvalue weighted by Gasteiger charge is -2.33. The van der Waals surface area contributed by atoms with Crippen molar-refractivity contribution in [3.05, 3.63) is 70.8 Å². The smallest absolute Gasteiger partial charge is 0.414 e. The summed E-state index contributed by atoms with van der Waals surface area (Å²) >= 11 is 0. The van der Waals surface area contributed by atoms with Crippen LogP contribution in [-0.2, 0) is 15.0 Å². The van der Waals surface area contributed by atoms with Gasteiger partial charge in [-0.1, -0.05) is 60.7 Å². The van der Waals surface area contributed by atoms with Gasteiger partial charge >= 0.3 is 11.9 Å². The maximum Gasteiger partial charge on any atom is 0.414 e. The van der Waals surface area contributed by atoms with E-state index in [0.29, 0.717) is 0 Å². The van der Waals surface area contributed by atoms with Gasteiger partial charge in [0.25, 0.3) is 0 Å². The third kappa shape index (κ3) is 4.40. The molecule has 2 aliphatic rings. The van der Waals surface area contributed by atoms with Crippen LogP contribution >= 0.6 is 0 Å². The molecule has 0 amide bonds. The van der Waals surface area contributed by atoms with Crippen molar-refractivity contribution in [3.63, 3.8) is 0 Å². The number of aliphatic carboxylic acids is 2. The third-order valence-electron chi connectivity index (χ3n) is 5.82. The van der Waals surface area contributed by atoms with Gasteiger partial charge in [0.2, 0.25) is 0 Å². The highest BCUT2D eigenvalue weighted by atomic mass is 16.4. The van der Waals surface area contributed by atoms with Crippen LogP contribution in [0.2, 0.25) is 0 Å². The summed E-state index contributed by atoms with van der Waals surface area (Å²) < 4.78 is 0. The van der Waals surface area contributed by atoms with E-state index in [0.717, 1.165) is 5.92 Å². The molecule has 0 heterocycles. The second kappa shape index (κ2) is 8.62. The van der Waals surface area contributed by atoms with Crippen LogP contribution in [0, 0.1) is 5.92 Å². The predicted octanol–water partition coefficient (Wildman–Crippen LogP) is 3.97. The largest absolute Gasteiger partial charge is 0.473 e. The minimum atomic E-state index is -1.82. The molecule has 2 aromatic rings. The van der Waals surface area contributed by atoms with E-state index in [2.05, 4.69) is 79.7 Å². The molecule has 2 aliphatic carbocycles. The van der Waals surface area contributed by atoms with Crippen molar-refractivity contribution < 1.29 is 19.8 Å². The second-order valence-electron chi connectivity index (χ2n) is 8.07. The fraction of sp³-hybridized carbons (Fsp3) is 0.333. The van der Waals surface area contributed by atoms with Gasteiger partial charge in [-0.15, -0.1) is 0 Å². The van der Waals surface area contributed by atoms with E-state index < -0.39 is 11.9 Å². The summed E-state index contributed by atoms with van der Waals surface area (Å²) in [5.41, 5.74) is 6.05. The Hall–Kier alpha value is -2.92. The maximum absolute atomic E-state index is 9.10. The molecule has 0 bridgehead atoms. The van der Waals surface area contributed by atoms with Gasteiger partial charge in [0.15, 0.2) is 0 Å². The summed E-state index contributed by atoms with van der Waals surface area (Å²) in [5.74, 6) is -2.87. The van der Waals surface area contributed by atoms with Crippen LogP contribution in [0.5, 0.6) is 0 Å². The Morgan fingerprint density at radius 2 is 1.41 bits per heavy atom. The number of rotatable bonds is 2. The van der Waals surface area contributed by atoms with E-state index in [1.165, 1.54) is 48.1 Å². The molecule has 2 N–H and O–H groups in total. The van der Waals surface area contributed by atoms with Gasteiger partial charge in [-0.2, -0.15) is 0 Å². The van der Waals surface area contributed by atoms with Crippen LogP contribution in [0.4, 0.5) is 0 Å². The number of hydrogen-bond acceptors (Lipinski definition) is 3. The normalized spacial score (nSPS) is 18.4. The Morgan fingerprint density at radius 3 is 1.86 bits per heavy atom. The monoisotopic (exact) mass is 393 g/mol. The molecule has 5 nitrogen and oxygen atoms in total. The van der Waals surface area contributed by atoms with Gasteiger partial charge in [-0.3, -0.25) is 0 Å². The quantitative estimate of drug-likeness (QED) is 0.755. The summed E-state index contributed by atoms with van der Waals surface area (Å²) in [5, 5.41) is 14.8. The SMILES string of the molecule is CN(C)CC1CCC2(C1)c1ccccc1C=Cc1ccccc12.O=C(O)C(=O)O. The highest BCUT2D eigenvalue weighted by Gasteiger charge is 2.44. The zero-order valence-electron chi connectivity index (χ0n) is 16.8. The predicted molar refractivity (Wildman–Crippen MR) is 114 cm³/mol. The topological polar surface area (TPSA) is 77.8 Å². The zero-order valence-corrected chi connectivity index (χ0v) is 16.8. The van der Waals surface area contributed by atoms with Gasteiger partial charge in [0, 0.05) is 12.0 Å². The van der Waals surface area contributed by atoms with Crippen molar-refractivity contribution in [2.24, 2.45) is 5.92 Å². The summed E-state index contributed by atoms with van der Waals surface area (Å²) in [7, 11) is 4.39. The van der Waals surface area contributed by atoms with Crippen LogP contribution in [-0.4, -0.2) is 47.7 Å². The Morgan fingerprint density at radius 1 is 0.931 bits per heavy atom. The number of benzene rings is 2. The number of carbonyl (C=O) groups is 2. The maximum atomic E-state index is 9.10. The lowest BCUT2D eigenvalue weighted by atomic mass is 9.70. The Balaban J connectivity index is 0.000000353. The van der Waals surface area contributed by atoms with Crippen LogP contribution in [0.1, 0.15) is 41.5 Å². The van der Waals surface area contributed by atoms with E-state index in [-0.39, 0.29) is 5.41 Å². The molecule has 1 saturated carbocycles. The van der Waals surface area contributed by atoms with Crippen molar-refractivity contribution in [1.82, 2.24) is 4.90 Å². The number of carboxylic acids is 2. The first-order valence-corrected chi connectivity index (χ1v) is 9.81. The summed E-state index contributed by atoms with van der Waals surface area (Å²) in [6, 6.07) is 18.0. The summed E-state index contributed by atoms with van der Waals surface area (Å²) in [6.07, 6.45) is 8.47. The van der Waals surface area contributed by atoms with Crippen molar-refractivity contribution in [1.29, 1.82) is 0 Å². The molecule has 0 aliphatic heterocycles. The Labute approximate surface area is 171 Å². The van der Waals surface area contributed by atoms with Gasteiger partial charge < -0.3 is 15.1 Å². The van der Waals surface area contributed by atoms with Gasteiger partial charge in [0.05, 0.1) is 0 Å². The average molecular weight is 393 g/mol. The van der Waals surface area contributed by atoms with E-state index in [9.17, 15) is 0 Å². The molecule has 1 fully saturated rings. The molecule has 1 atom stereocenters. The lowest BCUT2D eigenvalue weighted by molar-refractivity contribution is -0.159. The number of hydrogen-bond donors (Lipinski definition) is 2. The number of carboxylic acid groups (broad SMARTS) is 2. The lowest BCUT2D eigenvalue weighted by Crippen LogP contribution is -2.28. The van der Waals surface area contributed by atoms with Crippen LogP contribution in [0.25, 0.3) is 12.2 Å². The zero-order chi connectivity index (χ0) is 21.0. The molecular weight excluding hydrogens is 366 g/mol. The van der Waals surface area contributed by atoms with Gasteiger partial charge in [-0.05, 0) is 61.5 Å². The molecule has 4 rings (SSSR count). The molecule has 0 saturated heterocycles. The van der Waals surface area contributed by atoms with Crippen molar-refractivity contribution in [3.8, 4) is 0 Å². The molecule has 0 radical (unpaired) electrons. The molecule has 1 unspecified atom stereocenters. The van der Waals surface area contributed by atoms with E-state index >= 15 is 0 Å². The van der Waals surface area contributed by atoms with Gasteiger partial charge in [-0.25, -0.2) is 9.59 Å². The van der Waals surface area contributed by atoms with E-state index in [1.807, 2.05) is 0 Å². The van der Waals surface area contributed by atoms with Crippen molar-refractivity contribution in [2.45, 2.75) is 24.7 Å². The molecule has 5 heteroatoms. The molecule has 2 aromatic carbocycles. The van der Waals surface area contributed by atoms with Crippen molar-refractivity contribution in [2.75, 3.05) is 20.6 Å². The van der Waals surface area contributed by atoms with Crippen LogP contribution in [0.3, 0.4) is 0 Å². The number of nitrogens with zero attached hydrogens (tertiary/aromatic N) is 1. The average Bonchev–Trinajstić information content (AvgIpc) is 3.05. The first-order chi connectivity index (χ1) is 13.8. The first-order valence-electron chi connectivity index (χ1n) is 9.81. The minimum Gasteiger partial charge on any atom is -0.473 e. The highest BCUT2D eigenvalue weighted by Crippen LogP contribution is 2.52. The standard InChI is InChI=1S/C22H25N.C2H2O4/c1-23(2)16-17-13-14-22(15-17)20-9-5-3-7-18(20)11-12-19-8-4-6-10-21(19)22;3-1(4)2(5)6/h3-12,17H,13-16H2,1-2H3;(H,3,4)(H,5,6). The van der Waals surface area contributed by atoms with Crippen molar-refractivity contribution >= 4 is 24.1 Å². The molecule has 29 heavy (non-hydrogen) atoms. The van der Waals surface area contributed by atoms with Crippen LogP contribution in [0.15, 0.2) is 48.5 Å². The van der Waals surface area contributed by atoms with Crippen LogP contribution < -0.4 is 0 Å². The number of fused-ring (bicyclic) bond motifs is 4. The Kier molecular flexibility index (Phi) is 6.18. The fourth-order valence-corrected chi connectivity index (χ4v) is 4.79. The first kappa shape index (κ1) is 20.8.